The molecule has 0 aliphatic rings. The highest BCUT2D eigenvalue weighted by Crippen LogP contribution is 2.24. The van der Waals surface area contributed by atoms with E-state index in [4.69, 9.17) is 17.3 Å². The maximum Gasteiger partial charge on any atom is 0.284 e. The lowest BCUT2D eigenvalue weighted by molar-refractivity contribution is 0.0991. The van der Waals surface area contributed by atoms with E-state index in [1.807, 2.05) is 30.3 Å². The third-order valence-electron chi connectivity index (χ3n) is 1.94. The molecule has 0 fully saturated rings. The van der Waals surface area contributed by atoms with Crippen molar-refractivity contribution in [3.63, 3.8) is 0 Å². The SMILES string of the molecule is NC(=O)c1nc(-c2ccccc2)c(Cl)[nH]1. The Balaban J connectivity index is 2.50. The molecule has 0 unspecified atom stereocenters. The van der Waals surface area contributed by atoms with Crippen molar-refractivity contribution in [2.75, 3.05) is 0 Å². The Morgan fingerprint density at radius 1 is 1.33 bits per heavy atom. The fourth-order valence-corrected chi connectivity index (χ4v) is 1.50. The summed E-state index contributed by atoms with van der Waals surface area (Å²) in [4.78, 5) is 17.5. The third kappa shape index (κ3) is 1.85. The Kier molecular flexibility index (Phi) is 2.43. The molecule has 0 aliphatic carbocycles. The first kappa shape index (κ1) is 9.73. The summed E-state index contributed by atoms with van der Waals surface area (Å²) in [5.41, 5.74) is 6.46. The molecule has 0 atom stereocenters. The second-order valence-electron chi connectivity index (χ2n) is 2.98. The first-order valence-corrected chi connectivity index (χ1v) is 4.67. The van der Waals surface area contributed by atoms with Crippen LogP contribution in [0, 0.1) is 0 Å². The molecule has 1 heterocycles. The number of amides is 1. The quantitative estimate of drug-likeness (QED) is 0.812. The van der Waals surface area contributed by atoms with Gasteiger partial charge in [0.25, 0.3) is 5.91 Å². The summed E-state index contributed by atoms with van der Waals surface area (Å²) in [6.45, 7) is 0. The van der Waals surface area contributed by atoms with Gasteiger partial charge in [-0.2, -0.15) is 0 Å². The number of primary amides is 1. The van der Waals surface area contributed by atoms with Crippen molar-refractivity contribution in [2.24, 2.45) is 5.73 Å². The van der Waals surface area contributed by atoms with Gasteiger partial charge in [0.05, 0.1) is 0 Å². The number of hydrogen-bond donors (Lipinski definition) is 2. The second-order valence-corrected chi connectivity index (χ2v) is 3.36. The number of carbonyl (C=O) groups is 1. The maximum absolute atomic E-state index is 10.9. The number of nitrogens with one attached hydrogen (secondary N) is 1. The molecule has 0 bridgehead atoms. The van der Waals surface area contributed by atoms with Crippen LogP contribution in [0.5, 0.6) is 0 Å². The molecular weight excluding hydrogens is 214 g/mol. The minimum atomic E-state index is -0.626. The van der Waals surface area contributed by atoms with Crippen LogP contribution >= 0.6 is 11.6 Å². The van der Waals surface area contributed by atoms with Gasteiger partial charge < -0.3 is 10.7 Å². The Hall–Kier alpha value is -1.81. The number of carbonyl (C=O) groups excluding carboxylic acids is 1. The van der Waals surface area contributed by atoms with Gasteiger partial charge in [0, 0.05) is 5.56 Å². The van der Waals surface area contributed by atoms with Crippen LogP contribution in [0.25, 0.3) is 11.3 Å². The lowest BCUT2D eigenvalue weighted by Gasteiger charge is -1.94. The second kappa shape index (κ2) is 3.74. The first-order valence-electron chi connectivity index (χ1n) is 4.29. The minimum Gasteiger partial charge on any atom is -0.363 e. The molecular formula is C10H8ClN3O. The van der Waals surface area contributed by atoms with E-state index < -0.39 is 5.91 Å². The van der Waals surface area contributed by atoms with Crippen molar-refractivity contribution in [3.05, 3.63) is 41.3 Å². The van der Waals surface area contributed by atoms with Gasteiger partial charge >= 0.3 is 0 Å². The third-order valence-corrected chi connectivity index (χ3v) is 2.21. The molecule has 2 rings (SSSR count). The molecule has 15 heavy (non-hydrogen) atoms. The van der Waals surface area contributed by atoms with Gasteiger partial charge in [-0.15, -0.1) is 0 Å². The van der Waals surface area contributed by atoms with Gasteiger partial charge in [-0.05, 0) is 0 Å². The van der Waals surface area contributed by atoms with Gasteiger partial charge in [0.1, 0.15) is 10.8 Å². The summed E-state index contributed by atoms with van der Waals surface area (Å²) >= 11 is 5.90. The van der Waals surface area contributed by atoms with Gasteiger partial charge in [-0.1, -0.05) is 41.9 Å². The number of H-pyrrole nitrogens is 1. The van der Waals surface area contributed by atoms with Crippen molar-refractivity contribution < 1.29 is 4.79 Å². The van der Waals surface area contributed by atoms with Crippen LogP contribution in [0.3, 0.4) is 0 Å². The number of hydrogen-bond acceptors (Lipinski definition) is 2. The van der Waals surface area contributed by atoms with Crippen molar-refractivity contribution in [1.29, 1.82) is 0 Å². The number of aromatic amines is 1. The van der Waals surface area contributed by atoms with Crippen molar-refractivity contribution in [2.45, 2.75) is 0 Å². The molecule has 76 valence electrons. The molecule has 0 saturated carbocycles. The number of halogens is 1. The van der Waals surface area contributed by atoms with E-state index in [1.165, 1.54) is 0 Å². The predicted molar refractivity (Wildman–Crippen MR) is 57.6 cm³/mol. The summed E-state index contributed by atoms with van der Waals surface area (Å²) in [6.07, 6.45) is 0. The lowest BCUT2D eigenvalue weighted by atomic mass is 10.2. The minimum absolute atomic E-state index is 0.0684. The normalized spacial score (nSPS) is 10.2. The molecule has 0 aliphatic heterocycles. The highest BCUT2D eigenvalue weighted by molar-refractivity contribution is 6.32. The summed E-state index contributed by atoms with van der Waals surface area (Å²) in [5.74, 6) is -0.557. The largest absolute Gasteiger partial charge is 0.363 e. The van der Waals surface area contributed by atoms with E-state index in [-0.39, 0.29) is 5.82 Å². The Morgan fingerprint density at radius 3 is 2.53 bits per heavy atom. The van der Waals surface area contributed by atoms with Crippen LogP contribution in [0.15, 0.2) is 30.3 Å². The zero-order chi connectivity index (χ0) is 10.8. The number of aromatic nitrogens is 2. The lowest BCUT2D eigenvalue weighted by Crippen LogP contribution is -2.12. The van der Waals surface area contributed by atoms with E-state index in [0.717, 1.165) is 5.56 Å². The molecule has 1 amide bonds. The fraction of sp³-hybridized carbons (Fsp3) is 0. The van der Waals surface area contributed by atoms with Crippen LogP contribution in [0.1, 0.15) is 10.6 Å². The van der Waals surface area contributed by atoms with E-state index in [2.05, 4.69) is 9.97 Å². The molecule has 0 spiro atoms. The first-order chi connectivity index (χ1) is 7.18. The van der Waals surface area contributed by atoms with Crippen molar-refractivity contribution >= 4 is 17.5 Å². The summed E-state index contributed by atoms with van der Waals surface area (Å²) in [6, 6.07) is 9.33. The van der Waals surface area contributed by atoms with Gasteiger partial charge in [-0.3, -0.25) is 4.79 Å². The van der Waals surface area contributed by atoms with E-state index in [0.29, 0.717) is 10.8 Å². The Bertz CT molecular complexity index is 493. The van der Waals surface area contributed by atoms with Gasteiger partial charge in [0.15, 0.2) is 5.82 Å². The monoisotopic (exact) mass is 221 g/mol. The predicted octanol–water partition coefficient (Wildman–Crippen LogP) is 1.83. The molecule has 2 aromatic rings. The van der Waals surface area contributed by atoms with Crippen LogP contribution in [-0.2, 0) is 0 Å². The molecule has 1 aromatic carbocycles. The number of imidazole rings is 1. The highest BCUT2D eigenvalue weighted by Gasteiger charge is 2.12. The molecule has 5 heteroatoms. The average molecular weight is 222 g/mol. The zero-order valence-corrected chi connectivity index (χ0v) is 8.45. The van der Waals surface area contributed by atoms with E-state index in [9.17, 15) is 4.79 Å². The van der Waals surface area contributed by atoms with Gasteiger partial charge in [-0.25, -0.2) is 4.98 Å². The van der Waals surface area contributed by atoms with Crippen LogP contribution in [-0.4, -0.2) is 15.9 Å². The van der Waals surface area contributed by atoms with Crippen molar-refractivity contribution in [3.8, 4) is 11.3 Å². The Labute approximate surface area is 91.1 Å². The number of benzene rings is 1. The number of rotatable bonds is 2. The number of nitrogens with two attached hydrogens (primary N) is 1. The standard InChI is InChI=1S/C10H8ClN3O/c11-8-7(6-4-2-1-3-5-6)13-10(14-8)9(12)15/h1-5H,(H2,12,15)(H,13,14). The fourth-order valence-electron chi connectivity index (χ4n) is 1.26. The average Bonchev–Trinajstić information content (AvgIpc) is 2.62. The molecule has 0 saturated heterocycles. The van der Waals surface area contributed by atoms with E-state index >= 15 is 0 Å². The maximum atomic E-state index is 10.9. The van der Waals surface area contributed by atoms with Crippen molar-refractivity contribution in [1.82, 2.24) is 9.97 Å². The molecule has 1 aromatic heterocycles. The van der Waals surface area contributed by atoms with Crippen LogP contribution < -0.4 is 5.73 Å². The molecule has 4 nitrogen and oxygen atoms in total. The van der Waals surface area contributed by atoms with Crippen LogP contribution in [0.2, 0.25) is 5.15 Å². The molecule has 0 radical (unpaired) electrons. The van der Waals surface area contributed by atoms with Gasteiger partial charge in [0.2, 0.25) is 0 Å². The molecule has 3 N–H and O–H groups in total. The zero-order valence-electron chi connectivity index (χ0n) is 7.70. The summed E-state index contributed by atoms with van der Waals surface area (Å²) < 4.78 is 0. The summed E-state index contributed by atoms with van der Waals surface area (Å²) in [5, 5.41) is 0.315. The number of nitrogens with zero attached hydrogens (tertiary/aromatic N) is 1. The van der Waals surface area contributed by atoms with E-state index in [1.54, 1.807) is 0 Å². The van der Waals surface area contributed by atoms with Crippen LogP contribution in [0.4, 0.5) is 0 Å². The Morgan fingerprint density at radius 2 is 2.00 bits per heavy atom. The topological polar surface area (TPSA) is 71.8 Å². The summed E-state index contributed by atoms with van der Waals surface area (Å²) in [7, 11) is 0. The smallest absolute Gasteiger partial charge is 0.284 e. The highest BCUT2D eigenvalue weighted by atomic mass is 35.5.